The quantitative estimate of drug-likeness (QED) is 0.726. The first kappa shape index (κ1) is 17.5. The van der Waals surface area contributed by atoms with Crippen molar-refractivity contribution in [2.75, 3.05) is 0 Å². The molecule has 1 N–H and O–H groups in total. The van der Waals surface area contributed by atoms with E-state index in [1.165, 1.54) is 0 Å². The highest BCUT2D eigenvalue weighted by molar-refractivity contribution is 6.39. The minimum atomic E-state index is -0.379. The number of esters is 1. The van der Waals surface area contributed by atoms with Crippen LogP contribution in [-0.4, -0.2) is 29.3 Å². The number of nitrogens with one attached hydrogen (secondary N) is 1. The lowest BCUT2D eigenvalue weighted by Crippen LogP contribution is -2.42. The van der Waals surface area contributed by atoms with E-state index in [4.69, 9.17) is 32.5 Å². The highest BCUT2D eigenvalue weighted by atomic mass is 35.5. The zero-order chi connectivity index (χ0) is 18.5. The number of ether oxygens (including phenoxy) is 1. The molecule has 3 heterocycles. The summed E-state index contributed by atoms with van der Waals surface area (Å²) in [6, 6.07) is 6.12. The third-order valence-electron chi connectivity index (χ3n) is 5.77. The Bertz CT molecular complexity index is 861. The number of rotatable bonds is 4. The average Bonchev–Trinajstić information content (AvgIpc) is 3.30. The largest absolute Gasteiger partial charge is 0.459 e. The molecule has 3 atom stereocenters. The Morgan fingerprint density at radius 3 is 2.41 bits per heavy atom. The first-order chi connectivity index (χ1) is 13.1. The summed E-state index contributed by atoms with van der Waals surface area (Å²) in [6.07, 6.45) is 5.92. The Kier molecular flexibility index (Phi) is 4.42. The molecule has 0 spiro atoms. The second-order valence-electron chi connectivity index (χ2n) is 7.78. The van der Waals surface area contributed by atoms with Crippen LogP contribution in [0.15, 0.2) is 22.7 Å². The molecule has 27 heavy (non-hydrogen) atoms. The molecule has 0 amide bonds. The lowest BCUT2D eigenvalue weighted by molar-refractivity contribution is 0.0175. The maximum absolute atomic E-state index is 13.1. The summed E-state index contributed by atoms with van der Waals surface area (Å²) in [7, 11) is 0. The van der Waals surface area contributed by atoms with Gasteiger partial charge in [0.1, 0.15) is 17.4 Å². The van der Waals surface area contributed by atoms with Crippen LogP contribution in [0.25, 0.3) is 11.3 Å². The minimum absolute atomic E-state index is 0.0761. The van der Waals surface area contributed by atoms with Crippen LogP contribution in [0.5, 0.6) is 0 Å². The van der Waals surface area contributed by atoms with Crippen molar-refractivity contribution in [3.05, 3.63) is 39.6 Å². The Hall–Kier alpha value is -1.56. The van der Waals surface area contributed by atoms with Gasteiger partial charge >= 0.3 is 5.97 Å². The number of fused-ring (bicyclic) bond motifs is 2. The summed E-state index contributed by atoms with van der Waals surface area (Å²) in [5.74, 6) is 0.442. The molecule has 1 aliphatic carbocycles. The molecule has 1 aromatic heterocycles. The highest BCUT2D eigenvalue weighted by Crippen LogP contribution is 2.46. The predicted molar refractivity (Wildman–Crippen MR) is 102 cm³/mol. The molecule has 1 saturated carbocycles. The van der Waals surface area contributed by atoms with Gasteiger partial charge in [-0.25, -0.2) is 4.79 Å². The third kappa shape index (κ3) is 3.26. The van der Waals surface area contributed by atoms with Crippen molar-refractivity contribution in [1.82, 2.24) is 10.5 Å². The molecular formula is C20H20Cl2N2O3. The highest BCUT2D eigenvalue weighted by Gasteiger charge is 2.40. The van der Waals surface area contributed by atoms with Gasteiger partial charge in [-0.15, -0.1) is 0 Å². The molecule has 5 rings (SSSR count). The fourth-order valence-electron chi connectivity index (χ4n) is 4.33. The van der Waals surface area contributed by atoms with Crippen molar-refractivity contribution in [3.63, 3.8) is 0 Å². The van der Waals surface area contributed by atoms with Gasteiger partial charge in [-0.05, 0) is 50.7 Å². The van der Waals surface area contributed by atoms with Gasteiger partial charge in [0, 0.05) is 23.6 Å². The molecule has 7 heteroatoms. The van der Waals surface area contributed by atoms with E-state index in [1.54, 1.807) is 18.2 Å². The number of carbonyl (C=O) groups excluding carboxylic acids is 1. The maximum Gasteiger partial charge on any atom is 0.344 e. The monoisotopic (exact) mass is 406 g/mol. The van der Waals surface area contributed by atoms with Crippen molar-refractivity contribution in [1.29, 1.82) is 0 Å². The van der Waals surface area contributed by atoms with Gasteiger partial charge in [-0.3, -0.25) is 0 Å². The topological polar surface area (TPSA) is 64.4 Å². The third-order valence-corrected chi connectivity index (χ3v) is 6.40. The van der Waals surface area contributed by atoms with E-state index >= 15 is 0 Å². The van der Waals surface area contributed by atoms with Crippen molar-refractivity contribution in [2.45, 2.75) is 62.6 Å². The van der Waals surface area contributed by atoms with Crippen LogP contribution in [0.1, 0.15) is 60.6 Å². The Morgan fingerprint density at radius 1 is 1.11 bits per heavy atom. The number of hydrogen-bond donors (Lipinski definition) is 1. The van der Waals surface area contributed by atoms with Crippen molar-refractivity contribution in [3.8, 4) is 11.3 Å². The van der Waals surface area contributed by atoms with E-state index in [0.717, 1.165) is 38.5 Å². The van der Waals surface area contributed by atoms with Crippen molar-refractivity contribution < 1.29 is 14.1 Å². The molecule has 0 radical (unpaired) electrons. The van der Waals surface area contributed by atoms with E-state index in [2.05, 4.69) is 10.5 Å². The van der Waals surface area contributed by atoms with E-state index in [-0.39, 0.29) is 18.0 Å². The summed E-state index contributed by atoms with van der Waals surface area (Å²) in [4.78, 5) is 13.1. The molecule has 1 aromatic carbocycles. The number of halogens is 2. The van der Waals surface area contributed by atoms with Gasteiger partial charge < -0.3 is 14.6 Å². The van der Waals surface area contributed by atoms with Crippen LogP contribution < -0.4 is 5.32 Å². The van der Waals surface area contributed by atoms with E-state index in [1.807, 2.05) is 0 Å². The lowest BCUT2D eigenvalue weighted by atomic mass is 10.0. The Labute approximate surface area is 167 Å². The van der Waals surface area contributed by atoms with Crippen LogP contribution in [0.2, 0.25) is 10.0 Å². The number of carbonyl (C=O) groups is 1. The van der Waals surface area contributed by atoms with Crippen molar-refractivity contribution in [2.24, 2.45) is 0 Å². The minimum Gasteiger partial charge on any atom is -0.459 e. The smallest absolute Gasteiger partial charge is 0.344 e. The molecule has 3 aliphatic rings. The van der Waals surface area contributed by atoms with E-state index in [0.29, 0.717) is 44.7 Å². The lowest BCUT2D eigenvalue weighted by Gasteiger charge is -2.28. The summed E-state index contributed by atoms with van der Waals surface area (Å²) in [5.41, 5.74) is 1.29. The van der Waals surface area contributed by atoms with Gasteiger partial charge in [0.15, 0.2) is 5.76 Å². The van der Waals surface area contributed by atoms with Crippen LogP contribution in [0.4, 0.5) is 0 Å². The second-order valence-corrected chi connectivity index (χ2v) is 8.59. The number of nitrogens with zero attached hydrogens (tertiary/aromatic N) is 1. The van der Waals surface area contributed by atoms with Crippen LogP contribution in [-0.2, 0) is 4.74 Å². The summed E-state index contributed by atoms with van der Waals surface area (Å²) < 4.78 is 11.5. The summed E-state index contributed by atoms with van der Waals surface area (Å²) in [5, 5.41) is 8.61. The van der Waals surface area contributed by atoms with Crippen LogP contribution >= 0.6 is 23.2 Å². The van der Waals surface area contributed by atoms with E-state index in [9.17, 15) is 4.79 Å². The average molecular weight is 407 g/mol. The van der Waals surface area contributed by atoms with Gasteiger partial charge in [0.2, 0.25) is 0 Å². The molecule has 3 fully saturated rings. The second kappa shape index (κ2) is 6.80. The molecule has 5 nitrogen and oxygen atoms in total. The van der Waals surface area contributed by atoms with Gasteiger partial charge in [-0.2, -0.15) is 0 Å². The van der Waals surface area contributed by atoms with Gasteiger partial charge in [0.05, 0.1) is 10.0 Å². The first-order valence-corrected chi connectivity index (χ1v) is 10.3. The van der Waals surface area contributed by atoms with Crippen LogP contribution in [0, 0.1) is 0 Å². The van der Waals surface area contributed by atoms with Crippen molar-refractivity contribution >= 4 is 29.2 Å². The standard InChI is InChI=1S/C20H20Cl2N2O3/c21-14-2-1-3-15(22)16(14)18-17(19(27-24-18)10-4-5-10)20(25)26-13-8-11-6-7-12(9-13)23-11/h1-3,10-13,23H,4-9H2/t11-,12+,13?. The summed E-state index contributed by atoms with van der Waals surface area (Å²) in [6.45, 7) is 0. The van der Waals surface area contributed by atoms with Crippen LogP contribution in [0.3, 0.4) is 0 Å². The zero-order valence-corrected chi connectivity index (χ0v) is 16.2. The molecule has 2 saturated heterocycles. The Balaban J connectivity index is 1.49. The fraction of sp³-hybridized carbons (Fsp3) is 0.500. The SMILES string of the molecule is O=C(OC1C[C@H]2CC[C@@H](C1)N2)c1c(-c2c(Cl)cccc2Cl)noc1C1CC1. The number of aromatic nitrogens is 1. The normalized spacial score (nSPS) is 27.0. The predicted octanol–water partition coefficient (Wildman–Crippen LogP) is 4.97. The van der Waals surface area contributed by atoms with Gasteiger partial charge in [-0.1, -0.05) is 34.4 Å². The van der Waals surface area contributed by atoms with Gasteiger partial charge in [0.25, 0.3) is 0 Å². The molecule has 2 bridgehead atoms. The molecule has 1 unspecified atom stereocenters. The summed E-state index contributed by atoms with van der Waals surface area (Å²) >= 11 is 12.7. The molecular weight excluding hydrogens is 387 g/mol. The number of hydrogen-bond acceptors (Lipinski definition) is 5. The number of benzene rings is 1. The molecule has 142 valence electrons. The Morgan fingerprint density at radius 2 is 1.78 bits per heavy atom. The molecule has 2 aliphatic heterocycles. The van der Waals surface area contributed by atoms with E-state index < -0.39 is 0 Å². The zero-order valence-electron chi connectivity index (χ0n) is 14.7. The maximum atomic E-state index is 13.1. The fourth-order valence-corrected chi connectivity index (χ4v) is 4.91. The number of piperidine rings is 1. The first-order valence-electron chi connectivity index (χ1n) is 9.51. The molecule has 2 aromatic rings.